The van der Waals surface area contributed by atoms with E-state index in [2.05, 4.69) is 10.1 Å². The number of ether oxygens (including phenoxy) is 1. The molecule has 3 atom stereocenters. The number of benzene rings is 1. The van der Waals surface area contributed by atoms with Crippen LogP contribution in [0.15, 0.2) is 18.2 Å². The monoisotopic (exact) mass is 329 g/mol. The van der Waals surface area contributed by atoms with Gasteiger partial charge in [-0.05, 0) is 55.2 Å². The van der Waals surface area contributed by atoms with E-state index in [0.29, 0.717) is 23.9 Å². The van der Waals surface area contributed by atoms with Crippen LogP contribution in [0, 0.1) is 17.8 Å². The number of fused-ring (bicyclic) bond motifs is 2. The van der Waals surface area contributed by atoms with E-state index >= 15 is 0 Å². The van der Waals surface area contributed by atoms with Crippen molar-refractivity contribution in [3.63, 3.8) is 0 Å². The zero-order valence-corrected chi connectivity index (χ0v) is 12.8. The standard InChI is InChI=1S/C16H18ClF2NO2/c17-13-8-12(3-4-14(13)22-16(18)19)20-15(21)7-11-6-9-1-2-10(11)5-9/h3-4,8-11,16H,1-2,5-7H2,(H,20,21). The third-order valence-electron chi connectivity index (χ3n) is 4.76. The zero-order valence-electron chi connectivity index (χ0n) is 12.0. The van der Waals surface area contributed by atoms with Crippen molar-refractivity contribution in [1.82, 2.24) is 0 Å². The fourth-order valence-corrected chi connectivity index (χ4v) is 4.07. The Morgan fingerprint density at radius 1 is 1.36 bits per heavy atom. The van der Waals surface area contributed by atoms with Crippen LogP contribution in [0.4, 0.5) is 14.5 Å². The van der Waals surface area contributed by atoms with Gasteiger partial charge in [-0.1, -0.05) is 18.0 Å². The lowest BCUT2D eigenvalue weighted by atomic mass is 9.86. The van der Waals surface area contributed by atoms with Crippen LogP contribution < -0.4 is 10.1 Å². The molecule has 120 valence electrons. The molecule has 0 saturated heterocycles. The second-order valence-electron chi connectivity index (χ2n) is 6.21. The molecule has 1 amide bonds. The molecule has 2 bridgehead atoms. The molecule has 1 aromatic rings. The van der Waals surface area contributed by atoms with Crippen LogP contribution >= 0.6 is 11.6 Å². The Labute approximate surface area is 133 Å². The maximum absolute atomic E-state index is 12.2. The minimum Gasteiger partial charge on any atom is -0.433 e. The van der Waals surface area contributed by atoms with Gasteiger partial charge in [0.15, 0.2) is 0 Å². The van der Waals surface area contributed by atoms with Gasteiger partial charge in [0.25, 0.3) is 0 Å². The van der Waals surface area contributed by atoms with Crippen molar-refractivity contribution in [3.05, 3.63) is 23.2 Å². The van der Waals surface area contributed by atoms with Crippen LogP contribution in [0.5, 0.6) is 5.75 Å². The highest BCUT2D eigenvalue weighted by Gasteiger charge is 2.40. The second-order valence-corrected chi connectivity index (χ2v) is 6.62. The van der Waals surface area contributed by atoms with Crippen LogP contribution in [-0.2, 0) is 4.79 Å². The van der Waals surface area contributed by atoms with Crippen LogP contribution in [0.25, 0.3) is 0 Å². The number of halogens is 3. The Hall–Kier alpha value is -1.36. The Balaban J connectivity index is 1.56. The summed E-state index contributed by atoms with van der Waals surface area (Å²) in [6.45, 7) is -2.92. The lowest BCUT2D eigenvalue weighted by molar-refractivity contribution is -0.117. The molecule has 3 unspecified atom stereocenters. The second kappa shape index (κ2) is 6.41. The predicted molar refractivity (Wildman–Crippen MR) is 80.3 cm³/mol. The molecule has 22 heavy (non-hydrogen) atoms. The number of carbonyl (C=O) groups excluding carboxylic acids is 1. The van der Waals surface area contributed by atoms with E-state index in [1.807, 2.05) is 0 Å². The fourth-order valence-electron chi connectivity index (χ4n) is 3.85. The average molecular weight is 330 g/mol. The molecule has 0 radical (unpaired) electrons. The quantitative estimate of drug-likeness (QED) is 0.849. The molecule has 0 aromatic heterocycles. The first kappa shape index (κ1) is 15.5. The molecule has 6 heteroatoms. The summed E-state index contributed by atoms with van der Waals surface area (Å²) < 4.78 is 28.6. The van der Waals surface area contributed by atoms with Gasteiger partial charge in [0, 0.05) is 12.1 Å². The molecule has 3 nitrogen and oxygen atoms in total. The molecular weight excluding hydrogens is 312 g/mol. The molecule has 2 saturated carbocycles. The Kier molecular flexibility index (Phi) is 4.52. The van der Waals surface area contributed by atoms with E-state index in [1.165, 1.54) is 37.5 Å². The maximum atomic E-state index is 12.2. The molecule has 1 aromatic carbocycles. The summed E-state index contributed by atoms with van der Waals surface area (Å²) in [4.78, 5) is 12.1. The molecule has 2 fully saturated rings. The summed E-state index contributed by atoms with van der Waals surface area (Å²) in [6, 6.07) is 4.28. The van der Waals surface area contributed by atoms with Crippen molar-refractivity contribution < 1.29 is 18.3 Å². The molecule has 1 N–H and O–H groups in total. The van der Waals surface area contributed by atoms with E-state index in [0.717, 1.165) is 12.3 Å². The minimum atomic E-state index is -2.92. The topological polar surface area (TPSA) is 38.3 Å². The first-order valence-corrected chi connectivity index (χ1v) is 7.93. The molecule has 3 rings (SSSR count). The SMILES string of the molecule is O=C(CC1CC2CCC1C2)Nc1ccc(OC(F)F)c(Cl)c1. The number of anilines is 1. The highest BCUT2D eigenvalue weighted by molar-refractivity contribution is 6.32. The van der Waals surface area contributed by atoms with Gasteiger partial charge in [-0.15, -0.1) is 0 Å². The lowest BCUT2D eigenvalue weighted by Crippen LogP contribution is -2.20. The molecule has 0 heterocycles. The Morgan fingerprint density at radius 2 is 2.18 bits per heavy atom. The molecule has 2 aliphatic carbocycles. The summed E-state index contributed by atoms with van der Waals surface area (Å²) in [5.74, 6) is 1.85. The van der Waals surface area contributed by atoms with E-state index in [1.54, 1.807) is 0 Å². The van der Waals surface area contributed by atoms with Crippen molar-refractivity contribution in [2.24, 2.45) is 17.8 Å². The van der Waals surface area contributed by atoms with Gasteiger partial charge in [-0.3, -0.25) is 4.79 Å². The highest BCUT2D eigenvalue weighted by atomic mass is 35.5. The Bertz CT molecular complexity index is 567. The normalized spacial score (nSPS) is 26.5. The van der Waals surface area contributed by atoms with Crippen molar-refractivity contribution in [1.29, 1.82) is 0 Å². The maximum Gasteiger partial charge on any atom is 0.387 e. The third kappa shape index (κ3) is 3.51. The van der Waals surface area contributed by atoms with E-state index in [4.69, 9.17) is 11.6 Å². The number of hydrogen-bond acceptors (Lipinski definition) is 2. The van der Waals surface area contributed by atoms with Gasteiger partial charge in [0.1, 0.15) is 5.75 Å². The van der Waals surface area contributed by atoms with Crippen LogP contribution in [-0.4, -0.2) is 12.5 Å². The third-order valence-corrected chi connectivity index (χ3v) is 5.06. The summed E-state index contributed by atoms with van der Waals surface area (Å²) in [5, 5.41) is 2.84. The van der Waals surface area contributed by atoms with Gasteiger partial charge in [-0.25, -0.2) is 0 Å². The van der Waals surface area contributed by atoms with Crippen LogP contribution in [0.3, 0.4) is 0 Å². The number of amides is 1. The van der Waals surface area contributed by atoms with Crippen molar-refractivity contribution in [2.45, 2.75) is 38.7 Å². The first-order chi connectivity index (χ1) is 10.5. The summed E-state index contributed by atoms with van der Waals surface area (Å²) in [6.07, 6.45) is 5.50. The summed E-state index contributed by atoms with van der Waals surface area (Å²) in [7, 11) is 0. The van der Waals surface area contributed by atoms with Crippen LogP contribution in [0.2, 0.25) is 5.02 Å². The summed E-state index contributed by atoms with van der Waals surface area (Å²) >= 11 is 5.87. The molecule has 2 aliphatic rings. The van der Waals surface area contributed by atoms with Crippen LogP contribution in [0.1, 0.15) is 32.1 Å². The number of nitrogens with one attached hydrogen (secondary N) is 1. The molecule has 0 aliphatic heterocycles. The van der Waals surface area contributed by atoms with Gasteiger partial charge < -0.3 is 10.1 Å². The van der Waals surface area contributed by atoms with E-state index < -0.39 is 6.61 Å². The highest BCUT2D eigenvalue weighted by Crippen LogP contribution is 2.49. The zero-order chi connectivity index (χ0) is 15.7. The number of rotatable bonds is 5. The first-order valence-electron chi connectivity index (χ1n) is 7.55. The average Bonchev–Trinajstić information content (AvgIpc) is 3.03. The number of carbonyl (C=O) groups is 1. The van der Waals surface area contributed by atoms with Gasteiger partial charge >= 0.3 is 6.61 Å². The van der Waals surface area contributed by atoms with E-state index in [9.17, 15) is 13.6 Å². The lowest BCUT2D eigenvalue weighted by Gasteiger charge is -2.21. The smallest absolute Gasteiger partial charge is 0.387 e. The van der Waals surface area contributed by atoms with Gasteiger partial charge in [0.05, 0.1) is 5.02 Å². The predicted octanol–water partition coefficient (Wildman–Crippen LogP) is 4.71. The largest absolute Gasteiger partial charge is 0.433 e. The molecule has 0 spiro atoms. The number of alkyl halides is 2. The van der Waals surface area contributed by atoms with Gasteiger partial charge in [0.2, 0.25) is 5.91 Å². The number of hydrogen-bond donors (Lipinski definition) is 1. The summed E-state index contributed by atoms with van der Waals surface area (Å²) in [5.41, 5.74) is 0.500. The fraction of sp³-hybridized carbons (Fsp3) is 0.562. The molecular formula is C16H18ClF2NO2. The van der Waals surface area contributed by atoms with E-state index in [-0.39, 0.29) is 16.7 Å². The van der Waals surface area contributed by atoms with Crippen molar-refractivity contribution >= 4 is 23.2 Å². The Morgan fingerprint density at radius 3 is 2.77 bits per heavy atom. The van der Waals surface area contributed by atoms with Gasteiger partial charge in [-0.2, -0.15) is 8.78 Å². The van der Waals surface area contributed by atoms with Crippen molar-refractivity contribution in [3.8, 4) is 5.75 Å². The van der Waals surface area contributed by atoms with Crippen molar-refractivity contribution in [2.75, 3.05) is 5.32 Å². The minimum absolute atomic E-state index is 0.0452.